The molecule has 1 amide bonds. The van der Waals surface area contributed by atoms with Crippen LogP contribution in [0.5, 0.6) is 0 Å². The molecule has 1 unspecified atom stereocenters. The second-order valence-electron chi connectivity index (χ2n) is 5.12. The number of carbonyl (C=O) groups is 1. The molecule has 1 aromatic carbocycles. The van der Waals surface area contributed by atoms with E-state index in [0.717, 1.165) is 11.3 Å². The van der Waals surface area contributed by atoms with Crippen molar-refractivity contribution in [2.45, 2.75) is 13.0 Å². The van der Waals surface area contributed by atoms with Crippen molar-refractivity contribution in [3.63, 3.8) is 0 Å². The van der Waals surface area contributed by atoms with Crippen molar-refractivity contribution < 1.29 is 4.79 Å². The number of tetrazole rings is 1. The lowest BCUT2D eigenvalue weighted by Crippen LogP contribution is -2.34. The summed E-state index contributed by atoms with van der Waals surface area (Å²) in [6.07, 6.45) is 0. The first-order chi connectivity index (χ1) is 10.1. The van der Waals surface area contributed by atoms with Gasteiger partial charge in [0.1, 0.15) is 6.04 Å². The Kier molecular flexibility index (Phi) is 3.17. The highest BCUT2D eigenvalue weighted by molar-refractivity contribution is 5.96. The van der Waals surface area contributed by atoms with Crippen LogP contribution in [0.2, 0.25) is 0 Å². The molecule has 21 heavy (non-hydrogen) atoms. The largest absolute Gasteiger partial charge is 0.345 e. The summed E-state index contributed by atoms with van der Waals surface area (Å²) in [6, 6.07) is 9.43. The second kappa shape index (κ2) is 5.01. The Balaban J connectivity index is 2.18. The van der Waals surface area contributed by atoms with Gasteiger partial charge < -0.3 is 10.2 Å². The Hall–Kier alpha value is -2.70. The van der Waals surface area contributed by atoms with E-state index in [9.17, 15) is 4.79 Å². The highest BCUT2D eigenvalue weighted by Gasteiger charge is 2.34. The standard InChI is InChI=1S/C14H16N6O/c1-9-11(13(21)19(2)3)12(10-7-5-4-6-8-10)20-14(15-9)16-17-18-20/h4-8,12H,1-3H3,(H,15,16,18). The third-order valence-corrected chi connectivity index (χ3v) is 3.47. The van der Waals surface area contributed by atoms with E-state index in [1.54, 1.807) is 23.7 Å². The molecular formula is C14H16N6O. The summed E-state index contributed by atoms with van der Waals surface area (Å²) in [5.74, 6) is 0.478. The van der Waals surface area contributed by atoms with Crippen LogP contribution in [0.25, 0.3) is 0 Å². The monoisotopic (exact) mass is 284 g/mol. The van der Waals surface area contributed by atoms with E-state index in [-0.39, 0.29) is 11.9 Å². The van der Waals surface area contributed by atoms with Crippen molar-refractivity contribution in [1.29, 1.82) is 0 Å². The number of rotatable bonds is 2. The summed E-state index contributed by atoms with van der Waals surface area (Å²) >= 11 is 0. The summed E-state index contributed by atoms with van der Waals surface area (Å²) in [6.45, 7) is 1.87. The SMILES string of the molecule is CC1=C(C(=O)N(C)C)C(c2ccccc2)n2nnnc2N1. The number of nitrogens with zero attached hydrogens (tertiary/aromatic N) is 5. The normalized spacial score (nSPS) is 17.2. The van der Waals surface area contributed by atoms with E-state index in [2.05, 4.69) is 20.8 Å². The fourth-order valence-corrected chi connectivity index (χ4v) is 2.47. The number of allylic oxidation sites excluding steroid dienone is 1. The maximum Gasteiger partial charge on any atom is 0.253 e. The van der Waals surface area contributed by atoms with Crippen LogP contribution < -0.4 is 5.32 Å². The van der Waals surface area contributed by atoms with Gasteiger partial charge in [-0.2, -0.15) is 4.68 Å². The van der Waals surface area contributed by atoms with E-state index < -0.39 is 0 Å². The first-order valence-electron chi connectivity index (χ1n) is 6.62. The molecule has 1 atom stereocenters. The molecule has 1 aromatic heterocycles. The van der Waals surface area contributed by atoms with Gasteiger partial charge in [-0.25, -0.2) is 0 Å². The van der Waals surface area contributed by atoms with Gasteiger partial charge in [0.05, 0.1) is 5.57 Å². The fraction of sp³-hybridized carbons (Fsp3) is 0.286. The first-order valence-corrected chi connectivity index (χ1v) is 6.62. The minimum atomic E-state index is -0.327. The quantitative estimate of drug-likeness (QED) is 0.892. The van der Waals surface area contributed by atoms with Crippen LogP contribution >= 0.6 is 0 Å². The molecular weight excluding hydrogens is 268 g/mol. The molecule has 1 N–H and O–H groups in total. The zero-order chi connectivity index (χ0) is 15.0. The Morgan fingerprint density at radius 3 is 2.67 bits per heavy atom. The maximum absolute atomic E-state index is 12.6. The number of carbonyl (C=O) groups excluding carboxylic acids is 1. The number of hydrogen-bond donors (Lipinski definition) is 1. The molecule has 1 aliphatic rings. The van der Waals surface area contributed by atoms with Crippen molar-refractivity contribution >= 4 is 11.9 Å². The maximum atomic E-state index is 12.6. The van der Waals surface area contributed by atoms with Gasteiger partial charge in [0.15, 0.2) is 0 Å². The highest BCUT2D eigenvalue weighted by Crippen LogP contribution is 2.34. The molecule has 7 nitrogen and oxygen atoms in total. The summed E-state index contributed by atoms with van der Waals surface area (Å²) in [5, 5.41) is 14.8. The van der Waals surface area contributed by atoms with E-state index in [1.807, 2.05) is 37.3 Å². The molecule has 0 saturated carbocycles. The molecule has 2 aromatic rings. The van der Waals surface area contributed by atoms with Crippen LogP contribution in [-0.2, 0) is 4.79 Å². The van der Waals surface area contributed by atoms with Gasteiger partial charge in [0.25, 0.3) is 5.91 Å². The van der Waals surface area contributed by atoms with Crippen LogP contribution in [0.1, 0.15) is 18.5 Å². The average Bonchev–Trinajstić information content (AvgIpc) is 2.93. The molecule has 108 valence electrons. The Morgan fingerprint density at radius 2 is 2.00 bits per heavy atom. The molecule has 0 spiro atoms. The van der Waals surface area contributed by atoms with E-state index in [0.29, 0.717) is 11.5 Å². The summed E-state index contributed by atoms with van der Waals surface area (Å²) < 4.78 is 1.64. The molecule has 0 saturated heterocycles. The van der Waals surface area contributed by atoms with E-state index >= 15 is 0 Å². The smallest absolute Gasteiger partial charge is 0.253 e. The van der Waals surface area contributed by atoms with Crippen LogP contribution in [0.4, 0.5) is 5.95 Å². The van der Waals surface area contributed by atoms with Gasteiger partial charge >= 0.3 is 0 Å². The predicted octanol–water partition coefficient (Wildman–Crippen LogP) is 1.05. The summed E-state index contributed by atoms with van der Waals surface area (Å²) in [4.78, 5) is 14.1. The Labute approximate surface area is 122 Å². The third-order valence-electron chi connectivity index (χ3n) is 3.47. The lowest BCUT2D eigenvalue weighted by Gasteiger charge is -2.29. The fourth-order valence-electron chi connectivity index (χ4n) is 2.47. The van der Waals surface area contributed by atoms with Crippen molar-refractivity contribution in [1.82, 2.24) is 25.1 Å². The van der Waals surface area contributed by atoms with Gasteiger partial charge in [-0.15, -0.1) is 0 Å². The Bertz CT molecular complexity index is 703. The van der Waals surface area contributed by atoms with Gasteiger partial charge in [0.2, 0.25) is 5.95 Å². The van der Waals surface area contributed by atoms with Crippen LogP contribution in [0.15, 0.2) is 41.6 Å². The zero-order valence-electron chi connectivity index (χ0n) is 12.1. The topological polar surface area (TPSA) is 75.9 Å². The van der Waals surface area contributed by atoms with Crippen LogP contribution in [-0.4, -0.2) is 45.1 Å². The Morgan fingerprint density at radius 1 is 1.29 bits per heavy atom. The van der Waals surface area contributed by atoms with Gasteiger partial charge in [-0.05, 0) is 22.9 Å². The van der Waals surface area contributed by atoms with Crippen molar-refractivity contribution in [3.05, 3.63) is 47.2 Å². The second-order valence-corrected chi connectivity index (χ2v) is 5.12. The van der Waals surface area contributed by atoms with Gasteiger partial charge in [0, 0.05) is 19.8 Å². The van der Waals surface area contributed by atoms with Crippen molar-refractivity contribution in [3.8, 4) is 0 Å². The molecule has 0 fully saturated rings. The van der Waals surface area contributed by atoms with Gasteiger partial charge in [-0.3, -0.25) is 4.79 Å². The van der Waals surface area contributed by atoms with Crippen LogP contribution in [0.3, 0.4) is 0 Å². The first kappa shape index (κ1) is 13.3. The third kappa shape index (κ3) is 2.16. The summed E-state index contributed by atoms with van der Waals surface area (Å²) in [5.41, 5.74) is 2.38. The average molecular weight is 284 g/mol. The van der Waals surface area contributed by atoms with Gasteiger partial charge in [-0.1, -0.05) is 35.4 Å². The molecule has 0 bridgehead atoms. The number of benzene rings is 1. The molecule has 2 heterocycles. The molecule has 3 rings (SSSR count). The predicted molar refractivity (Wildman–Crippen MR) is 77.4 cm³/mol. The number of fused-ring (bicyclic) bond motifs is 1. The lowest BCUT2D eigenvalue weighted by atomic mass is 9.95. The van der Waals surface area contributed by atoms with E-state index in [1.165, 1.54) is 0 Å². The van der Waals surface area contributed by atoms with Crippen LogP contribution in [0, 0.1) is 0 Å². The molecule has 0 radical (unpaired) electrons. The summed E-state index contributed by atoms with van der Waals surface area (Å²) in [7, 11) is 3.47. The van der Waals surface area contributed by atoms with Crippen molar-refractivity contribution in [2.75, 3.05) is 19.4 Å². The minimum absolute atomic E-state index is 0.0602. The number of likely N-dealkylation sites (N-methyl/N-ethyl adjacent to an activating group) is 1. The molecule has 1 aliphatic heterocycles. The van der Waals surface area contributed by atoms with Crippen molar-refractivity contribution in [2.24, 2.45) is 0 Å². The lowest BCUT2D eigenvalue weighted by molar-refractivity contribution is -0.125. The molecule has 7 heteroatoms. The highest BCUT2D eigenvalue weighted by atomic mass is 16.2. The number of aromatic nitrogens is 4. The number of anilines is 1. The number of amides is 1. The minimum Gasteiger partial charge on any atom is -0.345 e. The van der Waals surface area contributed by atoms with E-state index in [4.69, 9.17) is 0 Å². The number of hydrogen-bond acceptors (Lipinski definition) is 5. The zero-order valence-corrected chi connectivity index (χ0v) is 12.1. The molecule has 0 aliphatic carbocycles. The number of nitrogens with one attached hydrogen (secondary N) is 1.